The third kappa shape index (κ3) is 3.31. The molecule has 1 atom stereocenters. The normalized spacial score (nSPS) is 14.2. The second-order valence-corrected chi connectivity index (χ2v) is 5.25. The maximum absolute atomic E-state index is 13.3. The van der Waals surface area contributed by atoms with Crippen LogP contribution in [0.3, 0.4) is 0 Å². The van der Waals surface area contributed by atoms with Crippen molar-refractivity contribution in [1.29, 1.82) is 0 Å². The smallest absolute Gasteiger partial charge is 0.126 e. The molecule has 1 nitrogen and oxygen atoms in total. The molecule has 0 amide bonds. The molecule has 2 rings (SSSR count). The number of nitrogens with two attached hydrogens (primary N) is 1. The molecular formula is C15H14ClF2N. The molecule has 0 heterocycles. The highest BCUT2D eigenvalue weighted by molar-refractivity contribution is 6.31. The van der Waals surface area contributed by atoms with E-state index in [2.05, 4.69) is 0 Å². The summed E-state index contributed by atoms with van der Waals surface area (Å²) in [5.41, 5.74) is 6.54. The quantitative estimate of drug-likeness (QED) is 0.903. The summed E-state index contributed by atoms with van der Waals surface area (Å²) in [6.07, 6.45) is 0.398. The van der Waals surface area contributed by atoms with Crippen molar-refractivity contribution in [1.82, 2.24) is 0 Å². The van der Waals surface area contributed by atoms with Crippen molar-refractivity contribution in [2.75, 3.05) is 0 Å². The van der Waals surface area contributed by atoms with Crippen LogP contribution in [-0.4, -0.2) is 0 Å². The van der Waals surface area contributed by atoms with Gasteiger partial charge in [0.25, 0.3) is 0 Å². The predicted octanol–water partition coefficient (Wildman–Crippen LogP) is 4.03. The van der Waals surface area contributed by atoms with Crippen LogP contribution in [-0.2, 0) is 12.0 Å². The third-order valence-corrected chi connectivity index (χ3v) is 3.41. The lowest BCUT2D eigenvalue weighted by Crippen LogP contribution is -2.35. The summed E-state index contributed by atoms with van der Waals surface area (Å²) in [6.45, 7) is 1.73. The van der Waals surface area contributed by atoms with Gasteiger partial charge >= 0.3 is 0 Å². The first kappa shape index (κ1) is 14.0. The van der Waals surface area contributed by atoms with Gasteiger partial charge in [0.05, 0.1) is 0 Å². The maximum Gasteiger partial charge on any atom is 0.126 e. The molecule has 0 bridgehead atoms. The Balaban J connectivity index is 2.34. The summed E-state index contributed by atoms with van der Waals surface area (Å²) in [6, 6.07) is 10.6. The number of rotatable bonds is 3. The van der Waals surface area contributed by atoms with Crippen molar-refractivity contribution >= 4 is 11.6 Å². The minimum atomic E-state index is -0.895. The van der Waals surface area contributed by atoms with E-state index < -0.39 is 17.2 Å². The van der Waals surface area contributed by atoms with E-state index >= 15 is 0 Å². The van der Waals surface area contributed by atoms with Gasteiger partial charge in [-0.25, -0.2) is 8.78 Å². The van der Waals surface area contributed by atoms with Crippen molar-refractivity contribution in [3.05, 3.63) is 70.2 Å². The molecule has 1 unspecified atom stereocenters. The van der Waals surface area contributed by atoms with Gasteiger partial charge < -0.3 is 5.73 Å². The topological polar surface area (TPSA) is 26.0 Å². The van der Waals surface area contributed by atoms with Crippen LogP contribution < -0.4 is 5.73 Å². The van der Waals surface area contributed by atoms with Gasteiger partial charge in [0.2, 0.25) is 0 Å². The molecule has 0 fully saturated rings. The zero-order valence-corrected chi connectivity index (χ0v) is 11.2. The fraction of sp³-hybridized carbons (Fsp3) is 0.200. The van der Waals surface area contributed by atoms with Crippen LogP contribution in [0.5, 0.6) is 0 Å². The van der Waals surface area contributed by atoms with Crippen molar-refractivity contribution < 1.29 is 8.78 Å². The average molecular weight is 282 g/mol. The first-order valence-electron chi connectivity index (χ1n) is 5.87. The molecule has 0 aliphatic rings. The van der Waals surface area contributed by atoms with Crippen molar-refractivity contribution in [2.45, 2.75) is 18.9 Å². The minimum Gasteiger partial charge on any atom is -0.321 e. The zero-order chi connectivity index (χ0) is 14.0. The molecule has 19 heavy (non-hydrogen) atoms. The molecule has 0 aliphatic heterocycles. The Hall–Kier alpha value is -1.45. The highest BCUT2D eigenvalue weighted by Gasteiger charge is 2.24. The summed E-state index contributed by atoms with van der Waals surface area (Å²) < 4.78 is 26.5. The lowest BCUT2D eigenvalue weighted by molar-refractivity contribution is 0.478. The Morgan fingerprint density at radius 1 is 1.11 bits per heavy atom. The van der Waals surface area contributed by atoms with Crippen molar-refractivity contribution in [3.63, 3.8) is 0 Å². The molecule has 100 valence electrons. The van der Waals surface area contributed by atoms with Gasteiger partial charge in [-0.1, -0.05) is 29.8 Å². The van der Waals surface area contributed by atoms with Crippen LogP contribution in [0.1, 0.15) is 18.1 Å². The monoisotopic (exact) mass is 281 g/mol. The van der Waals surface area contributed by atoms with Gasteiger partial charge in [0.15, 0.2) is 0 Å². The van der Waals surface area contributed by atoms with Gasteiger partial charge in [0, 0.05) is 16.6 Å². The summed E-state index contributed by atoms with van der Waals surface area (Å²) in [4.78, 5) is 0. The maximum atomic E-state index is 13.3. The van der Waals surface area contributed by atoms with E-state index in [0.717, 1.165) is 11.6 Å². The van der Waals surface area contributed by atoms with Crippen LogP contribution in [0.2, 0.25) is 5.02 Å². The molecule has 0 saturated heterocycles. The van der Waals surface area contributed by atoms with E-state index in [1.54, 1.807) is 13.0 Å². The van der Waals surface area contributed by atoms with Gasteiger partial charge in [-0.05, 0) is 42.7 Å². The molecular weight excluding hydrogens is 268 g/mol. The third-order valence-electron chi connectivity index (χ3n) is 3.04. The Labute approximate surface area is 116 Å². The Bertz CT molecular complexity index is 576. The lowest BCUT2D eigenvalue weighted by atomic mass is 9.86. The van der Waals surface area contributed by atoms with E-state index in [-0.39, 0.29) is 0 Å². The fourth-order valence-electron chi connectivity index (χ4n) is 2.02. The molecule has 2 N–H and O–H groups in total. The molecule has 2 aromatic rings. The van der Waals surface area contributed by atoms with E-state index in [0.29, 0.717) is 17.0 Å². The molecule has 0 saturated carbocycles. The zero-order valence-electron chi connectivity index (χ0n) is 10.5. The Morgan fingerprint density at radius 2 is 1.68 bits per heavy atom. The van der Waals surface area contributed by atoms with Gasteiger partial charge in [-0.15, -0.1) is 0 Å². The Kier molecular flexibility index (Phi) is 3.88. The standard InChI is InChI=1S/C15H14ClF2N/c1-15(19,9-10-4-2-3-5-14(10)16)11-6-12(17)8-13(18)7-11/h2-8H,9,19H2,1H3. The SMILES string of the molecule is CC(N)(Cc1ccccc1Cl)c1cc(F)cc(F)c1. The number of hydrogen-bond donors (Lipinski definition) is 1. The first-order valence-corrected chi connectivity index (χ1v) is 6.25. The highest BCUT2D eigenvalue weighted by Crippen LogP contribution is 2.27. The average Bonchev–Trinajstić information content (AvgIpc) is 2.31. The van der Waals surface area contributed by atoms with Crippen LogP contribution in [0.25, 0.3) is 0 Å². The second kappa shape index (κ2) is 5.27. The summed E-state index contributed by atoms with van der Waals surface area (Å²) in [5, 5.41) is 0.594. The van der Waals surface area contributed by atoms with Gasteiger partial charge in [-0.2, -0.15) is 0 Å². The number of hydrogen-bond acceptors (Lipinski definition) is 1. The molecule has 0 radical (unpaired) electrons. The predicted molar refractivity (Wildman–Crippen MR) is 73.1 cm³/mol. The van der Waals surface area contributed by atoms with Crippen LogP contribution in [0.4, 0.5) is 8.78 Å². The molecule has 0 aliphatic carbocycles. The molecule has 4 heteroatoms. The van der Waals surface area contributed by atoms with Gasteiger partial charge in [-0.3, -0.25) is 0 Å². The molecule has 0 spiro atoms. The Morgan fingerprint density at radius 3 is 2.26 bits per heavy atom. The minimum absolute atomic E-state index is 0.398. The molecule has 2 aromatic carbocycles. The summed E-state index contributed by atoms with van der Waals surface area (Å²) in [7, 11) is 0. The largest absolute Gasteiger partial charge is 0.321 e. The summed E-state index contributed by atoms with van der Waals surface area (Å²) >= 11 is 6.08. The first-order chi connectivity index (χ1) is 8.88. The van der Waals surface area contributed by atoms with E-state index in [9.17, 15) is 8.78 Å². The van der Waals surface area contributed by atoms with E-state index in [1.807, 2.05) is 18.2 Å². The molecule has 0 aromatic heterocycles. The number of benzene rings is 2. The number of halogens is 3. The second-order valence-electron chi connectivity index (χ2n) is 4.84. The van der Waals surface area contributed by atoms with E-state index in [1.165, 1.54) is 12.1 Å². The van der Waals surface area contributed by atoms with E-state index in [4.69, 9.17) is 17.3 Å². The lowest BCUT2D eigenvalue weighted by Gasteiger charge is -2.26. The van der Waals surface area contributed by atoms with Crippen LogP contribution in [0, 0.1) is 11.6 Å². The fourth-order valence-corrected chi connectivity index (χ4v) is 2.23. The van der Waals surface area contributed by atoms with Crippen LogP contribution >= 0.6 is 11.6 Å². The van der Waals surface area contributed by atoms with Crippen LogP contribution in [0.15, 0.2) is 42.5 Å². The van der Waals surface area contributed by atoms with Crippen molar-refractivity contribution in [2.24, 2.45) is 5.73 Å². The van der Waals surface area contributed by atoms with Crippen molar-refractivity contribution in [3.8, 4) is 0 Å². The highest BCUT2D eigenvalue weighted by atomic mass is 35.5. The van der Waals surface area contributed by atoms with Gasteiger partial charge in [0.1, 0.15) is 11.6 Å². The summed E-state index contributed by atoms with van der Waals surface area (Å²) in [5.74, 6) is -1.27.